The van der Waals surface area contributed by atoms with E-state index in [0.29, 0.717) is 16.0 Å². The molecular weight excluding hydrogens is 355 g/mol. The summed E-state index contributed by atoms with van der Waals surface area (Å²) in [6, 6.07) is 10.8. The van der Waals surface area contributed by atoms with E-state index in [2.05, 4.69) is 29.8 Å². The largest absolute Gasteiger partial charge is 0.384 e. The first-order chi connectivity index (χ1) is 9.90. The van der Waals surface area contributed by atoms with Crippen LogP contribution in [0.25, 0.3) is 0 Å². The van der Waals surface area contributed by atoms with Gasteiger partial charge in [0.15, 0.2) is 0 Å². The van der Waals surface area contributed by atoms with E-state index in [-0.39, 0.29) is 10.6 Å². The van der Waals surface area contributed by atoms with Crippen LogP contribution < -0.4 is 0 Å². The zero-order valence-corrected chi connectivity index (χ0v) is 14.2. The van der Waals surface area contributed by atoms with Gasteiger partial charge in [-0.3, -0.25) is 0 Å². The molecule has 0 bridgehead atoms. The maximum Gasteiger partial charge on any atom is 0.149 e. The Labute approximate surface area is 137 Å². The van der Waals surface area contributed by atoms with Crippen LogP contribution in [0, 0.1) is 11.7 Å². The van der Waals surface area contributed by atoms with Crippen LogP contribution in [0.2, 0.25) is 5.02 Å². The molecule has 1 N–H and O–H groups in total. The molecule has 0 spiro atoms. The molecule has 0 aromatic heterocycles. The topological polar surface area (TPSA) is 20.2 Å². The van der Waals surface area contributed by atoms with Crippen molar-refractivity contribution >= 4 is 27.5 Å². The molecule has 0 amide bonds. The van der Waals surface area contributed by atoms with Crippen LogP contribution in [0.1, 0.15) is 36.6 Å². The van der Waals surface area contributed by atoms with Crippen LogP contribution in [0.15, 0.2) is 40.9 Å². The summed E-state index contributed by atoms with van der Waals surface area (Å²) < 4.78 is 14.6. The molecule has 0 aliphatic rings. The summed E-state index contributed by atoms with van der Waals surface area (Å²) in [5.74, 6) is -0.0201. The van der Waals surface area contributed by atoms with Crippen molar-refractivity contribution in [3.05, 3.63) is 68.4 Å². The Balaban J connectivity index is 2.28. The predicted molar refractivity (Wildman–Crippen MR) is 88.2 cm³/mol. The van der Waals surface area contributed by atoms with Gasteiger partial charge in [-0.2, -0.15) is 0 Å². The first-order valence-corrected chi connectivity index (χ1v) is 7.97. The number of benzene rings is 2. The van der Waals surface area contributed by atoms with Gasteiger partial charge in [0.25, 0.3) is 0 Å². The SMILES string of the molecule is CC(C)Cc1ccc(C(O)c2ccc(Br)c(Cl)c2F)cc1. The number of aliphatic hydroxyl groups excluding tert-OH is 1. The molecule has 1 nitrogen and oxygen atoms in total. The van der Waals surface area contributed by atoms with Gasteiger partial charge >= 0.3 is 0 Å². The summed E-state index contributed by atoms with van der Waals surface area (Å²) in [5.41, 5.74) is 2.04. The average Bonchev–Trinajstić information content (AvgIpc) is 2.44. The molecule has 1 unspecified atom stereocenters. The molecule has 2 rings (SSSR count). The van der Waals surface area contributed by atoms with E-state index >= 15 is 0 Å². The van der Waals surface area contributed by atoms with Crippen molar-refractivity contribution in [3.63, 3.8) is 0 Å². The Morgan fingerprint density at radius 1 is 1.14 bits per heavy atom. The highest BCUT2D eigenvalue weighted by atomic mass is 79.9. The molecule has 112 valence electrons. The Morgan fingerprint density at radius 2 is 1.76 bits per heavy atom. The van der Waals surface area contributed by atoms with E-state index in [1.807, 2.05) is 24.3 Å². The zero-order chi connectivity index (χ0) is 15.6. The second-order valence-corrected chi connectivity index (χ2v) is 6.74. The molecule has 0 aliphatic heterocycles. The minimum Gasteiger partial charge on any atom is -0.384 e. The number of halogens is 3. The van der Waals surface area contributed by atoms with Gasteiger partial charge in [0, 0.05) is 10.0 Å². The summed E-state index contributed by atoms with van der Waals surface area (Å²) in [7, 11) is 0. The highest BCUT2D eigenvalue weighted by Crippen LogP contribution is 2.33. The van der Waals surface area contributed by atoms with Crippen LogP contribution in [0.4, 0.5) is 4.39 Å². The van der Waals surface area contributed by atoms with E-state index in [1.165, 1.54) is 11.6 Å². The van der Waals surface area contributed by atoms with Crippen molar-refractivity contribution in [3.8, 4) is 0 Å². The first kappa shape index (κ1) is 16.5. The fourth-order valence-electron chi connectivity index (χ4n) is 2.24. The standard InChI is InChI=1S/C17H17BrClFO/c1-10(2)9-11-3-5-12(6-4-11)17(21)13-7-8-14(18)15(19)16(13)20/h3-8,10,17,21H,9H2,1-2H3. The lowest BCUT2D eigenvalue weighted by molar-refractivity contribution is 0.215. The Kier molecular flexibility index (Phi) is 5.42. The van der Waals surface area contributed by atoms with Gasteiger partial charge in [-0.25, -0.2) is 4.39 Å². The van der Waals surface area contributed by atoms with Gasteiger partial charge in [0.1, 0.15) is 11.9 Å². The Bertz CT molecular complexity index is 625. The Hall–Kier alpha value is -0.900. The maximum atomic E-state index is 14.1. The van der Waals surface area contributed by atoms with Gasteiger partial charge in [0.2, 0.25) is 0 Å². The maximum absolute atomic E-state index is 14.1. The molecule has 21 heavy (non-hydrogen) atoms. The molecule has 0 heterocycles. The number of rotatable bonds is 4. The fraction of sp³-hybridized carbons (Fsp3) is 0.294. The molecule has 0 saturated heterocycles. The van der Waals surface area contributed by atoms with Gasteiger partial charge in [-0.1, -0.05) is 55.8 Å². The molecule has 2 aromatic rings. The molecule has 1 atom stereocenters. The average molecular weight is 372 g/mol. The highest BCUT2D eigenvalue weighted by Gasteiger charge is 2.18. The van der Waals surface area contributed by atoms with E-state index < -0.39 is 11.9 Å². The minimum atomic E-state index is -1.02. The molecule has 0 saturated carbocycles. The van der Waals surface area contributed by atoms with Gasteiger partial charge in [-0.05, 0) is 45.5 Å². The van der Waals surface area contributed by atoms with E-state index in [4.69, 9.17) is 11.6 Å². The third-order valence-electron chi connectivity index (χ3n) is 3.30. The van der Waals surface area contributed by atoms with E-state index in [0.717, 1.165) is 6.42 Å². The fourth-order valence-corrected chi connectivity index (χ4v) is 2.72. The number of hydrogen-bond donors (Lipinski definition) is 1. The van der Waals surface area contributed by atoms with Crippen molar-refractivity contribution in [1.82, 2.24) is 0 Å². The minimum absolute atomic E-state index is 0.0111. The smallest absolute Gasteiger partial charge is 0.149 e. The second kappa shape index (κ2) is 6.91. The summed E-state index contributed by atoms with van der Waals surface area (Å²) in [6.07, 6.45) is -0.0434. The molecule has 0 fully saturated rings. The van der Waals surface area contributed by atoms with E-state index in [1.54, 1.807) is 6.07 Å². The Morgan fingerprint density at radius 3 is 2.33 bits per heavy atom. The molecular formula is C17H17BrClFO. The summed E-state index contributed by atoms with van der Waals surface area (Å²) >= 11 is 9.03. The lowest BCUT2D eigenvalue weighted by atomic mass is 9.97. The van der Waals surface area contributed by atoms with Gasteiger partial charge in [-0.15, -0.1) is 0 Å². The molecule has 2 aromatic carbocycles. The zero-order valence-electron chi connectivity index (χ0n) is 11.9. The van der Waals surface area contributed by atoms with Crippen molar-refractivity contribution < 1.29 is 9.50 Å². The molecule has 0 aliphatic carbocycles. The van der Waals surface area contributed by atoms with Crippen molar-refractivity contribution in [2.75, 3.05) is 0 Å². The molecule has 0 radical (unpaired) electrons. The number of aliphatic hydroxyl groups is 1. The van der Waals surface area contributed by atoms with Crippen LogP contribution in [-0.4, -0.2) is 5.11 Å². The summed E-state index contributed by atoms with van der Waals surface area (Å²) in [5, 5.41) is 10.3. The van der Waals surface area contributed by atoms with Crippen LogP contribution >= 0.6 is 27.5 Å². The van der Waals surface area contributed by atoms with Crippen LogP contribution in [0.3, 0.4) is 0 Å². The summed E-state index contributed by atoms with van der Waals surface area (Å²) in [6.45, 7) is 4.31. The van der Waals surface area contributed by atoms with Crippen molar-refractivity contribution in [1.29, 1.82) is 0 Å². The first-order valence-electron chi connectivity index (χ1n) is 6.80. The monoisotopic (exact) mass is 370 g/mol. The second-order valence-electron chi connectivity index (χ2n) is 5.51. The van der Waals surface area contributed by atoms with Gasteiger partial charge in [0.05, 0.1) is 5.02 Å². The van der Waals surface area contributed by atoms with Crippen molar-refractivity contribution in [2.24, 2.45) is 5.92 Å². The van der Waals surface area contributed by atoms with Crippen LogP contribution in [-0.2, 0) is 6.42 Å². The predicted octanol–water partition coefficient (Wildman–Crippen LogP) is 5.52. The lowest BCUT2D eigenvalue weighted by Gasteiger charge is -2.14. The highest BCUT2D eigenvalue weighted by molar-refractivity contribution is 9.10. The van der Waals surface area contributed by atoms with Crippen molar-refractivity contribution in [2.45, 2.75) is 26.4 Å². The summed E-state index contributed by atoms with van der Waals surface area (Å²) in [4.78, 5) is 0. The lowest BCUT2D eigenvalue weighted by Crippen LogP contribution is -2.04. The molecule has 4 heteroatoms. The normalized spacial score (nSPS) is 12.7. The third kappa shape index (κ3) is 3.85. The van der Waals surface area contributed by atoms with Crippen LogP contribution in [0.5, 0.6) is 0 Å². The quantitative estimate of drug-likeness (QED) is 0.701. The van der Waals surface area contributed by atoms with E-state index in [9.17, 15) is 9.50 Å². The van der Waals surface area contributed by atoms with Gasteiger partial charge < -0.3 is 5.11 Å². The third-order valence-corrected chi connectivity index (χ3v) is 4.56. The number of hydrogen-bond acceptors (Lipinski definition) is 1.